The van der Waals surface area contributed by atoms with E-state index in [1.54, 1.807) is 0 Å². The Hall–Kier alpha value is -2.81. The number of aromatic nitrogens is 1. The van der Waals surface area contributed by atoms with Crippen molar-refractivity contribution in [2.75, 3.05) is 0 Å². The molecule has 0 saturated heterocycles. The van der Waals surface area contributed by atoms with Crippen molar-refractivity contribution < 1.29 is 4.79 Å². The molecule has 0 bridgehead atoms. The van der Waals surface area contributed by atoms with Crippen molar-refractivity contribution in [2.24, 2.45) is 5.73 Å². The first-order chi connectivity index (χ1) is 13.5. The summed E-state index contributed by atoms with van der Waals surface area (Å²) in [6.07, 6.45) is 4.84. The van der Waals surface area contributed by atoms with Gasteiger partial charge in [0, 0.05) is 17.9 Å². The molecule has 0 aliphatic heterocycles. The second-order valence-corrected chi connectivity index (χ2v) is 7.62. The van der Waals surface area contributed by atoms with E-state index in [9.17, 15) is 4.79 Å². The molecule has 1 aromatic heterocycles. The number of hydrogen-bond acceptors (Lipinski definition) is 1. The van der Waals surface area contributed by atoms with Crippen molar-refractivity contribution in [1.82, 2.24) is 4.57 Å². The maximum absolute atomic E-state index is 11.9. The lowest BCUT2D eigenvalue weighted by atomic mass is 10.0. The van der Waals surface area contributed by atoms with Gasteiger partial charge in [-0.2, -0.15) is 0 Å². The van der Waals surface area contributed by atoms with E-state index < -0.39 is 0 Å². The standard InChI is InChI=1S/C25H30N2O/c1-4-5-6-9-20-11-13-22(14-12-20)24-16-23(25(26)28)19(3)27(24)17-21-10-7-8-18(2)15-21/h7-8,10-16H,4-6,9,17H2,1-3H3,(H2,26,28). The molecular formula is C25H30N2O. The third-order valence-corrected chi connectivity index (χ3v) is 5.37. The lowest BCUT2D eigenvalue weighted by Crippen LogP contribution is -2.12. The lowest BCUT2D eigenvalue weighted by molar-refractivity contribution is 0.0999. The van der Waals surface area contributed by atoms with Crippen LogP contribution < -0.4 is 5.73 Å². The lowest BCUT2D eigenvalue weighted by Gasteiger charge is -2.13. The van der Waals surface area contributed by atoms with E-state index >= 15 is 0 Å². The molecule has 3 rings (SSSR count). The van der Waals surface area contributed by atoms with Crippen LogP contribution in [-0.4, -0.2) is 10.5 Å². The summed E-state index contributed by atoms with van der Waals surface area (Å²) in [5.41, 5.74) is 13.1. The number of carbonyl (C=O) groups excluding carboxylic acids is 1. The molecule has 1 amide bonds. The normalized spacial score (nSPS) is 11.0. The summed E-state index contributed by atoms with van der Waals surface area (Å²) < 4.78 is 2.20. The Labute approximate surface area is 168 Å². The topological polar surface area (TPSA) is 48.0 Å². The third kappa shape index (κ3) is 4.53. The molecule has 0 saturated carbocycles. The van der Waals surface area contributed by atoms with Gasteiger partial charge in [0.2, 0.25) is 0 Å². The molecule has 3 aromatic rings. The molecule has 0 atom stereocenters. The Morgan fingerprint density at radius 2 is 1.71 bits per heavy atom. The second-order valence-electron chi connectivity index (χ2n) is 7.62. The number of nitrogens with two attached hydrogens (primary N) is 1. The highest BCUT2D eigenvalue weighted by Gasteiger charge is 2.17. The quantitative estimate of drug-likeness (QED) is 0.509. The van der Waals surface area contributed by atoms with E-state index in [2.05, 4.69) is 66.9 Å². The molecule has 2 aromatic carbocycles. The number of hydrogen-bond donors (Lipinski definition) is 1. The van der Waals surface area contributed by atoms with Crippen molar-refractivity contribution in [1.29, 1.82) is 0 Å². The van der Waals surface area contributed by atoms with Crippen LogP contribution in [0.15, 0.2) is 54.6 Å². The van der Waals surface area contributed by atoms with E-state index in [0.717, 1.165) is 23.4 Å². The number of primary amides is 1. The predicted octanol–water partition coefficient (Wildman–Crippen LogP) is 5.65. The summed E-state index contributed by atoms with van der Waals surface area (Å²) in [4.78, 5) is 11.9. The van der Waals surface area contributed by atoms with E-state index in [4.69, 9.17) is 5.73 Å². The van der Waals surface area contributed by atoms with Crippen LogP contribution in [0, 0.1) is 13.8 Å². The molecule has 3 heteroatoms. The van der Waals surface area contributed by atoms with Crippen LogP contribution in [0.5, 0.6) is 0 Å². The number of rotatable bonds is 8. The monoisotopic (exact) mass is 374 g/mol. The number of nitrogens with zero attached hydrogens (tertiary/aromatic N) is 1. The molecule has 0 unspecified atom stereocenters. The molecule has 2 N–H and O–H groups in total. The molecule has 28 heavy (non-hydrogen) atoms. The van der Waals surface area contributed by atoms with E-state index in [0.29, 0.717) is 12.1 Å². The third-order valence-electron chi connectivity index (χ3n) is 5.37. The zero-order valence-corrected chi connectivity index (χ0v) is 17.2. The summed E-state index contributed by atoms with van der Waals surface area (Å²) in [6.45, 7) is 7.01. The zero-order chi connectivity index (χ0) is 20.1. The van der Waals surface area contributed by atoms with Gasteiger partial charge in [0.15, 0.2) is 0 Å². The van der Waals surface area contributed by atoms with Crippen LogP contribution in [0.25, 0.3) is 11.3 Å². The second kappa shape index (κ2) is 8.92. The van der Waals surface area contributed by atoms with E-state index in [-0.39, 0.29) is 5.91 Å². The minimum Gasteiger partial charge on any atom is -0.366 e. The fourth-order valence-corrected chi connectivity index (χ4v) is 3.75. The highest BCUT2D eigenvalue weighted by atomic mass is 16.1. The number of benzene rings is 2. The summed E-state index contributed by atoms with van der Waals surface area (Å²) in [7, 11) is 0. The highest BCUT2D eigenvalue weighted by molar-refractivity contribution is 5.95. The molecule has 1 heterocycles. The molecule has 0 fully saturated rings. The summed E-state index contributed by atoms with van der Waals surface area (Å²) in [5.74, 6) is -0.377. The van der Waals surface area contributed by atoms with Crippen LogP contribution in [0.3, 0.4) is 0 Å². The first-order valence-electron chi connectivity index (χ1n) is 10.1. The van der Waals surface area contributed by atoms with Crippen LogP contribution in [0.2, 0.25) is 0 Å². The summed E-state index contributed by atoms with van der Waals surface area (Å²) in [6, 6.07) is 19.1. The summed E-state index contributed by atoms with van der Waals surface area (Å²) in [5, 5.41) is 0. The Morgan fingerprint density at radius 1 is 0.964 bits per heavy atom. The number of aryl methyl sites for hydroxylation is 2. The van der Waals surface area contributed by atoms with Crippen molar-refractivity contribution in [3.63, 3.8) is 0 Å². The Balaban J connectivity index is 1.95. The smallest absolute Gasteiger partial charge is 0.250 e. The molecule has 0 aliphatic carbocycles. The highest BCUT2D eigenvalue weighted by Crippen LogP contribution is 2.27. The van der Waals surface area contributed by atoms with Crippen molar-refractivity contribution in [2.45, 2.75) is 53.0 Å². The predicted molar refractivity (Wildman–Crippen MR) is 117 cm³/mol. The van der Waals surface area contributed by atoms with Gasteiger partial charge in [-0.15, -0.1) is 0 Å². The minimum atomic E-state index is -0.377. The van der Waals surface area contributed by atoms with Gasteiger partial charge in [-0.3, -0.25) is 4.79 Å². The number of unbranched alkanes of at least 4 members (excludes halogenated alkanes) is 2. The SMILES string of the molecule is CCCCCc1ccc(-c2cc(C(N)=O)c(C)n2Cc2cccc(C)c2)cc1. The number of amides is 1. The van der Waals surface area contributed by atoms with Gasteiger partial charge >= 0.3 is 0 Å². The molecule has 0 aliphatic rings. The Bertz CT molecular complexity index is 951. The first kappa shape index (κ1) is 19.9. The molecule has 0 spiro atoms. The van der Waals surface area contributed by atoms with Gasteiger partial charge in [-0.25, -0.2) is 0 Å². The van der Waals surface area contributed by atoms with Crippen molar-refractivity contribution >= 4 is 5.91 Å². The van der Waals surface area contributed by atoms with Gasteiger partial charge in [-0.1, -0.05) is 73.9 Å². The van der Waals surface area contributed by atoms with Crippen molar-refractivity contribution in [3.05, 3.63) is 82.5 Å². The van der Waals surface area contributed by atoms with Crippen molar-refractivity contribution in [3.8, 4) is 11.3 Å². The first-order valence-corrected chi connectivity index (χ1v) is 10.1. The van der Waals surface area contributed by atoms with E-state index in [1.807, 2.05) is 13.0 Å². The van der Waals surface area contributed by atoms with Crippen LogP contribution >= 0.6 is 0 Å². The van der Waals surface area contributed by atoms with Gasteiger partial charge in [0.1, 0.15) is 0 Å². The zero-order valence-electron chi connectivity index (χ0n) is 17.2. The average molecular weight is 375 g/mol. The molecule has 3 nitrogen and oxygen atoms in total. The van der Waals surface area contributed by atoms with E-state index in [1.165, 1.54) is 36.0 Å². The largest absolute Gasteiger partial charge is 0.366 e. The minimum absolute atomic E-state index is 0.377. The average Bonchev–Trinajstić information content (AvgIpc) is 2.99. The summed E-state index contributed by atoms with van der Waals surface area (Å²) >= 11 is 0. The molecular weight excluding hydrogens is 344 g/mol. The Kier molecular flexibility index (Phi) is 6.35. The fourth-order valence-electron chi connectivity index (χ4n) is 3.75. The maximum Gasteiger partial charge on any atom is 0.250 e. The van der Waals surface area contributed by atoms with Crippen LogP contribution in [0.4, 0.5) is 0 Å². The van der Waals surface area contributed by atoms with Gasteiger partial charge in [0.05, 0.1) is 5.56 Å². The Morgan fingerprint density at radius 3 is 2.36 bits per heavy atom. The number of carbonyl (C=O) groups is 1. The molecule has 146 valence electrons. The van der Waals surface area contributed by atoms with Gasteiger partial charge in [-0.05, 0) is 49.4 Å². The van der Waals surface area contributed by atoms with Gasteiger partial charge in [0.25, 0.3) is 5.91 Å². The molecule has 0 radical (unpaired) electrons. The fraction of sp³-hybridized carbons (Fsp3) is 0.320. The van der Waals surface area contributed by atoms with Crippen LogP contribution in [0.1, 0.15) is 58.9 Å². The van der Waals surface area contributed by atoms with Gasteiger partial charge < -0.3 is 10.3 Å². The maximum atomic E-state index is 11.9. The van der Waals surface area contributed by atoms with Crippen LogP contribution in [-0.2, 0) is 13.0 Å².